The molecule has 0 saturated heterocycles. The third-order valence-corrected chi connectivity index (χ3v) is 1.22. The number of ether oxygens (including phenoxy) is 1. The molecule has 0 saturated carbocycles. The van der Waals surface area contributed by atoms with E-state index in [0.29, 0.717) is 12.8 Å². The molecule has 5 nitrogen and oxygen atoms in total. The summed E-state index contributed by atoms with van der Waals surface area (Å²) in [6.07, 6.45) is 0.747. The second-order valence-electron chi connectivity index (χ2n) is 2.39. The van der Waals surface area contributed by atoms with Crippen molar-refractivity contribution < 1.29 is 19.4 Å². The van der Waals surface area contributed by atoms with Crippen LogP contribution in [-0.4, -0.2) is 29.7 Å². The Labute approximate surface area is 70.5 Å². The molecule has 0 spiro atoms. The molecule has 3 N–H and O–H groups in total. The van der Waals surface area contributed by atoms with Gasteiger partial charge in [0.15, 0.2) is 0 Å². The summed E-state index contributed by atoms with van der Waals surface area (Å²) in [7, 11) is 0. The minimum absolute atomic E-state index is 0.0267. The fourth-order valence-corrected chi connectivity index (χ4v) is 0.646. The minimum Gasteiger partial charge on any atom is -0.396 e. The highest BCUT2D eigenvalue weighted by Gasteiger charge is 2.15. The van der Waals surface area contributed by atoms with E-state index in [0.717, 1.165) is 6.92 Å². The Bertz CT molecular complexity index is 169. The molecule has 0 heterocycles. The first kappa shape index (κ1) is 11.1. The van der Waals surface area contributed by atoms with Gasteiger partial charge in [0.2, 0.25) is 0 Å². The first-order valence-corrected chi connectivity index (χ1v) is 3.66. The van der Waals surface area contributed by atoms with Gasteiger partial charge in [-0.25, -0.2) is 4.79 Å². The van der Waals surface area contributed by atoms with Crippen molar-refractivity contribution in [2.24, 2.45) is 5.73 Å². The van der Waals surface area contributed by atoms with Crippen LogP contribution < -0.4 is 5.73 Å². The Morgan fingerprint density at radius 2 is 2.17 bits per heavy atom. The number of aliphatic hydroxyl groups is 1. The van der Waals surface area contributed by atoms with Gasteiger partial charge in [0.25, 0.3) is 0 Å². The molecule has 0 rings (SSSR count). The van der Waals surface area contributed by atoms with Crippen molar-refractivity contribution in [3.8, 4) is 0 Å². The zero-order valence-corrected chi connectivity index (χ0v) is 6.95. The summed E-state index contributed by atoms with van der Waals surface area (Å²) in [4.78, 5) is 21.1. The van der Waals surface area contributed by atoms with Gasteiger partial charge in [-0.2, -0.15) is 0 Å². The molecule has 5 heteroatoms. The molecular formula is C7H13NO4. The molecule has 0 fully saturated rings. The molecule has 70 valence electrons. The van der Waals surface area contributed by atoms with E-state index >= 15 is 0 Å². The van der Waals surface area contributed by atoms with E-state index in [1.54, 1.807) is 0 Å². The first-order valence-electron chi connectivity index (χ1n) is 3.66. The van der Waals surface area contributed by atoms with Gasteiger partial charge in [-0.05, 0) is 12.8 Å². The normalized spacial score (nSPS) is 12.2. The van der Waals surface area contributed by atoms with Gasteiger partial charge in [0.05, 0.1) is 0 Å². The molecule has 0 aliphatic rings. The van der Waals surface area contributed by atoms with Gasteiger partial charge in [-0.3, -0.25) is 4.79 Å². The number of hydrogen-bond acceptors (Lipinski definition) is 5. The van der Waals surface area contributed by atoms with Crippen LogP contribution in [0.2, 0.25) is 0 Å². The molecule has 12 heavy (non-hydrogen) atoms. The SMILES string of the molecule is CC(=O)OC(=O)[C@@H](N)CCCO. The van der Waals surface area contributed by atoms with Crippen molar-refractivity contribution in [3.05, 3.63) is 0 Å². The van der Waals surface area contributed by atoms with Crippen LogP contribution in [0.15, 0.2) is 0 Å². The standard InChI is InChI=1S/C7H13NO4/c1-5(10)12-7(11)6(8)3-2-4-9/h6,9H,2-4,8H2,1H3/t6-/m0/s1. The average molecular weight is 175 g/mol. The molecule has 0 aromatic rings. The number of carbonyl (C=O) groups is 2. The van der Waals surface area contributed by atoms with Crippen LogP contribution in [0.3, 0.4) is 0 Å². The van der Waals surface area contributed by atoms with Crippen molar-refractivity contribution >= 4 is 11.9 Å². The van der Waals surface area contributed by atoms with Crippen molar-refractivity contribution in [2.75, 3.05) is 6.61 Å². The first-order chi connectivity index (χ1) is 5.57. The summed E-state index contributed by atoms with van der Waals surface area (Å²) in [5.74, 6) is -1.41. The molecule has 0 aromatic carbocycles. The summed E-state index contributed by atoms with van der Waals surface area (Å²) >= 11 is 0. The fourth-order valence-electron chi connectivity index (χ4n) is 0.646. The topological polar surface area (TPSA) is 89.6 Å². The van der Waals surface area contributed by atoms with Gasteiger partial charge in [0.1, 0.15) is 6.04 Å². The summed E-state index contributed by atoms with van der Waals surface area (Å²) < 4.78 is 4.22. The Balaban J connectivity index is 3.69. The van der Waals surface area contributed by atoms with Crippen LogP contribution in [0.25, 0.3) is 0 Å². The van der Waals surface area contributed by atoms with Crippen molar-refractivity contribution in [3.63, 3.8) is 0 Å². The highest BCUT2D eigenvalue weighted by atomic mass is 16.6. The molecule has 0 aliphatic heterocycles. The molecule has 0 bridgehead atoms. The monoisotopic (exact) mass is 175 g/mol. The third kappa shape index (κ3) is 4.81. The summed E-state index contributed by atoms with van der Waals surface area (Å²) in [6.45, 7) is 1.11. The molecule has 0 amide bonds. The molecule has 1 atom stereocenters. The van der Waals surface area contributed by atoms with E-state index in [9.17, 15) is 9.59 Å². The zero-order valence-electron chi connectivity index (χ0n) is 6.95. The number of rotatable bonds is 4. The fraction of sp³-hybridized carbons (Fsp3) is 0.714. The quantitative estimate of drug-likeness (QED) is 0.430. The third-order valence-electron chi connectivity index (χ3n) is 1.22. The Kier molecular flexibility index (Phi) is 5.23. The lowest BCUT2D eigenvalue weighted by molar-refractivity contribution is -0.159. The lowest BCUT2D eigenvalue weighted by Crippen LogP contribution is -2.33. The maximum atomic E-state index is 10.8. The highest BCUT2D eigenvalue weighted by molar-refractivity contribution is 5.87. The van der Waals surface area contributed by atoms with E-state index < -0.39 is 18.0 Å². The second-order valence-corrected chi connectivity index (χ2v) is 2.39. The van der Waals surface area contributed by atoms with Crippen molar-refractivity contribution in [1.82, 2.24) is 0 Å². The van der Waals surface area contributed by atoms with E-state index in [2.05, 4.69) is 4.74 Å². The molecule has 0 unspecified atom stereocenters. The maximum Gasteiger partial charge on any atom is 0.330 e. The van der Waals surface area contributed by atoms with Gasteiger partial charge in [0, 0.05) is 13.5 Å². The Morgan fingerprint density at radius 1 is 1.58 bits per heavy atom. The largest absolute Gasteiger partial charge is 0.396 e. The van der Waals surface area contributed by atoms with Crippen LogP contribution >= 0.6 is 0 Å². The molecule has 0 aliphatic carbocycles. The maximum absolute atomic E-state index is 10.8. The van der Waals surface area contributed by atoms with Crippen LogP contribution in [-0.2, 0) is 14.3 Å². The number of hydrogen-bond donors (Lipinski definition) is 2. The summed E-state index contributed by atoms with van der Waals surface area (Å²) in [5.41, 5.74) is 5.31. The molecule has 0 radical (unpaired) electrons. The smallest absolute Gasteiger partial charge is 0.330 e. The summed E-state index contributed by atoms with van der Waals surface area (Å²) in [5, 5.41) is 8.40. The predicted molar refractivity (Wildman–Crippen MR) is 41.1 cm³/mol. The van der Waals surface area contributed by atoms with Gasteiger partial charge < -0.3 is 15.6 Å². The Morgan fingerprint density at radius 3 is 2.58 bits per heavy atom. The van der Waals surface area contributed by atoms with E-state index in [1.807, 2.05) is 0 Å². The second kappa shape index (κ2) is 5.68. The van der Waals surface area contributed by atoms with E-state index in [1.165, 1.54) is 0 Å². The number of aliphatic hydroxyl groups excluding tert-OH is 1. The van der Waals surface area contributed by atoms with Crippen LogP contribution in [0.1, 0.15) is 19.8 Å². The van der Waals surface area contributed by atoms with Gasteiger partial charge in [-0.1, -0.05) is 0 Å². The zero-order chi connectivity index (χ0) is 9.56. The van der Waals surface area contributed by atoms with Crippen molar-refractivity contribution in [1.29, 1.82) is 0 Å². The van der Waals surface area contributed by atoms with Crippen LogP contribution in [0, 0.1) is 0 Å². The molecule has 0 aromatic heterocycles. The summed E-state index contributed by atoms with van der Waals surface area (Å²) in [6, 6.07) is -0.818. The van der Waals surface area contributed by atoms with E-state index in [-0.39, 0.29) is 6.61 Å². The highest BCUT2D eigenvalue weighted by Crippen LogP contribution is 1.96. The van der Waals surface area contributed by atoms with Gasteiger partial charge in [-0.15, -0.1) is 0 Å². The minimum atomic E-state index is -0.818. The predicted octanol–water partition coefficient (Wildman–Crippen LogP) is -0.824. The number of esters is 2. The average Bonchev–Trinajstić information content (AvgIpc) is 1.98. The number of nitrogens with two attached hydrogens (primary N) is 1. The molecular weight excluding hydrogens is 162 g/mol. The van der Waals surface area contributed by atoms with Crippen LogP contribution in [0.5, 0.6) is 0 Å². The lowest BCUT2D eigenvalue weighted by Gasteiger charge is -2.07. The Hall–Kier alpha value is -0.940. The van der Waals surface area contributed by atoms with Crippen molar-refractivity contribution in [2.45, 2.75) is 25.8 Å². The lowest BCUT2D eigenvalue weighted by atomic mass is 10.2. The van der Waals surface area contributed by atoms with Crippen LogP contribution in [0.4, 0.5) is 0 Å². The van der Waals surface area contributed by atoms with E-state index in [4.69, 9.17) is 10.8 Å². The number of carbonyl (C=O) groups excluding carboxylic acids is 2. The van der Waals surface area contributed by atoms with Gasteiger partial charge >= 0.3 is 11.9 Å².